The van der Waals surface area contributed by atoms with Crippen LogP contribution >= 0.6 is 0 Å². The van der Waals surface area contributed by atoms with Crippen LogP contribution in [0.2, 0.25) is 0 Å². The molecule has 1 aromatic carbocycles. The number of benzene rings is 1. The SMILES string of the molecule is CCc1cc(C(N)CN)ccc1OCC1CC1. The number of hydrogen-bond acceptors (Lipinski definition) is 3. The summed E-state index contributed by atoms with van der Waals surface area (Å²) in [4.78, 5) is 0. The van der Waals surface area contributed by atoms with Crippen LogP contribution in [0.25, 0.3) is 0 Å². The van der Waals surface area contributed by atoms with Gasteiger partial charge >= 0.3 is 0 Å². The largest absolute Gasteiger partial charge is 0.493 e. The molecule has 3 heteroatoms. The van der Waals surface area contributed by atoms with Crippen LogP contribution in [0.3, 0.4) is 0 Å². The van der Waals surface area contributed by atoms with Gasteiger partial charge in [-0.1, -0.05) is 19.1 Å². The Morgan fingerprint density at radius 2 is 2.18 bits per heavy atom. The predicted octanol–water partition coefficient (Wildman–Crippen LogP) is 2.00. The van der Waals surface area contributed by atoms with E-state index in [9.17, 15) is 0 Å². The molecule has 1 saturated carbocycles. The van der Waals surface area contributed by atoms with Crippen LogP contribution in [0, 0.1) is 5.92 Å². The third-order valence-electron chi connectivity index (χ3n) is 3.32. The van der Waals surface area contributed by atoms with Gasteiger partial charge < -0.3 is 16.2 Å². The maximum absolute atomic E-state index is 5.93. The molecule has 0 radical (unpaired) electrons. The summed E-state index contributed by atoms with van der Waals surface area (Å²) in [5.41, 5.74) is 13.8. The van der Waals surface area contributed by atoms with Crippen LogP contribution in [0.5, 0.6) is 5.75 Å². The van der Waals surface area contributed by atoms with Gasteiger partial charge in [-0.3, -0.25) is 0 Å². The first-order chi connectivity index (χ1) is 8.24. The summed E-state index contributed by atoms with van der Waals surface area (Å²) in [7, 11) is 0. The summed E-state index contributed by atoms with van der Waals surface area (Å²) >= 11 is 0. The second-order valence-corrected chi connectivity index (χ2v) is 4.82. The highest BCUT2D eigenvalue weighted by Gasteiger charge is 2.22. The van der Waals surface area contributed by atoms with Crippen LogP contribution in [0.4, 0.5) is 0 Å². The van der Waals surface area contributed by atoms with Gasteiger partial charge in [-0.2, -0.15) is 0 Å². The number of hydrogen-bond donors (Lipinski definition) is 2. The van der Waals surface area contributed by atoms with Gasteiger partial charge in [0.25, 0.3) is 0 Å². The molecular weight excluding hydrogens is 212 g/mol. The van der Waals surface area contributed by atoms with Crippen molar-refractivity contribution in [3.63, 3.8) is 0 Å². The molecule has 4 N–H and O–H groups in total. The van der Waals surface area contributed by atoms with Gasteiger partial charge in [-0.25, -0.2) is 0 Å². The second kappa shape index (κ2) is 5.52. The fourth-order valence-electron chi connectivity index (χ4n) is 1.88. The minimum Gasteiger partial charge on any atom is -0.493 e. The molecule has 0 spiro atoms. The quantitative estimate of drug-likeness (QED) is 0.791. The summed E-state index contributed by atoms with van der Waals surface area (Å²) in [6.07, 6.45) is 3.60. The molecule has 0 heterocycles. The smallest absolute Gasteiger partial charge is 0.122 e. The summed E-state index contributed by atoms with van der Waals surface area (Å²) < 4.78 is 5.85. The van der Waals surface area contributed by atoms with Crippen molar-refractivity contribution in [2.75, 3.05) is 13.2 Å². The molecule has 0 saturated heterocycles. The maximum atomic E-state index is 5.93. The van der Waals surface area contributed by atoms with Gasteiger partial charge in [0, 0.05) is 12.6 Å². The highest BCUT2D eigenvalue weighted by Crippen LogP contribution is 2.31. The predicted molar refractivity (Wildman–Crippen MR) is 70.0 cm³/mol. The van der Waals surface area contributed by atoms with Crippen molar-refractivity contribution in [3.05, 3.63) is 29.3 Å². The Hall–Kier alpha value is -1.06. The molecule has 1 atom stereocenters. The van der Waals surface area contributed by atoms with Crippen LogP contribution in [-0.2, 0) is 6.42 Å². The minimum atomic E-state index is -0.0715. The molecule has 1 aliphatic rings. The Morgan fingerprint density at radius 3 is 2.76 bits per heavy atom. The monoisotopic (exact) mass is 234 g/mol. The van der Waals surface area contributed by atoms with E-state index in [1.54, 1.807) is 0 Å². The molecule has 1 fully saturated rings. The molecule has 17 heavy (non-hydrogen) atoms. The third-order valence-corrected chi connectivity index (χ3v) is 3.32. The lowest BCUT2D eigenvalue weighted by Crippen LogP contribution is -2.20. The lowest BCUT2D eigenvalue weighted by atomic mass is 10.0. The van der Waals surface area contributed by atoms with E-state index in [0.29, 0.717) is 6.54 Å². The topological polar surface area (TPSA) is 61.3 Å². The first kappa shape index (κ1) is 12.4. The highest BCUT2D eigenvalue weighted by molar-refractivity contribution is 5.38. The number of aryl methyl sites for hydroxylation is 1. The zero-order valence-corrected chi connectivity index (χ0v) is 10.5. The molecule has 0 aromatic heterocycles. The van der Waals surface area contributed by atoms with Crippen LogP contribution < -0.4 is 16.2 Å². The zero-order chi connectivity index (χ0) is 12.3. The van der Waals surface area contributed by atoms with Crippen molar-refractivity contribution in [1.29, 1.82) is 0 Å². The second-order valence-electron chi connectivity index (χ2n) is 4.82. The van der Waals surface area contributed by atoms with E-state index >= 15 is 0 Å². The summed E-state index contributed by atoms with van der Waals surface area (Å²) in [5, 5.41) is 0. The Labute approximate surface area is 103 Å². The number of ether oxygens (including phenoxy) is 1. The van der Waals surface area contributed by atoms with Crippen molar-refractivity contribution < 1.29 is 4.74 Å². The Morgan fingerprint density at radius 1 is 1.41 bits per heavy atom. The van der Waals surface area contributed by atoms with E-state index in [1.165, 1.54) is 18.4 Å². The van der Waals surface area contributed by atoms with Crippen molar-refractivity contribution in [2.45, 2.75) is 32.2 Å². The lowest BCUT2D eigenvalue weighted by Gasteiger charge is -2.14. The fourth-order valence-corrected chi connectivity index (χ4v) is 1.88. The van der Waals surface area contributed by atoms with Crippen molar-refractivity contribution in [1.82, 2.24) is 0 Å². The van der Waals surface area contributed by atoms with Gasteiger partial charge in [-0.05, 0) is 42.4 Å². The van der Waals surface area contributed by atoms with Crippen LogP contribution in [0.15, 0.2) is 18.2 Å². The zero-order valence-electron chi connectivity index (χ0n) is 10.5. The Balaban J connectivity index is 2.09. The van der Waals surface area contributed by atoms with Crippen LogP contribution in [-0.4, -0.2) is 13.2 Å². The molecule has 1 unspecified atom stereocenters. The van der Waals surface area contributed by atoms with Crippen molar-refractivity contribution in [3.8, 4) is 5.75 Å². The Kier molecular flexibility index (Phi) is 4.02. The molecule has 0 bridgehead atoms. The van der Waals surface area contributed by atoms with Gasteiger partial charge in [0.1, 0.15) is 5.75 Å². The third kappa shape index (κ3) is 3.20. The average Bonchev–Trinajstić information content (AvgIpc) is 3.19. The summed E-state index contributed by atoms with van der Waals surface area (Å²) in [5.74, 6) is 1.79. The molecular formula is C14H22N2O. The summed E-state index contributed by atoms with van der Waals surface area (Å²) in [6.45, 7) is 3.47. The lowest BCUT2D eigenvalue weighted by molar-refractivity contribution is 0.297. The standard InChI is InChI=1S/C14H22N2O/c1-2-11-7-12(13(16)8-15)5-6-14(11)17-9-10-3-4-10/h5-7,10,13H,2-4,8-9,15-16H2,1H3. The number of rotatable bonds is 6. The molecule has 1 aliphatic carbocycles. The highest BCUT2D eigenvalue weighted by atomic mass is 16.5. The minimum absolute atomic E-state index is 0.0715. The molecule has 1 aromatic rings. The van der Waals surface area contributed by atoms with E-state index in [0.717, 1.165) is 30.3 Å². The van der Waals surface area contributed by atoms with Gasteiger partial charge in [0.15, 0.2) is 0 Å². The van der Waals surface area contributed by atoms with Gasteiger partial charge in [-0.15, -0.1) is 0 Å². The van der Waals surface area contributed by atoms with E-state index in [1.807, 2.05) is 12.1 Å². The fraction of sp³-hybridized carbons (Fsp3) is 0.571. The van der Waals surface area contributed by atoms with E-state index in [-0.39, 0.29) is 6.04 Å². The van der Waals surface area contributed by atoms with Crippen LogP contribution in [0.1, 0.15) is 36.9 Å². The average molecular weight is 234 g/mol. The van der Waals surface area contributed by atoms with E-state index in [4.69, 9.17) is 16.2 Å². The van der Waals surface area contributed by atoms with Gasteiger partial charge in [0.2, 0.25) is 0 Å². The maximum Gasteiger partial charge on any atom is 0.122 e. The molecule has 94 valence electrons. The molecule has 0 amide bonds. The van der Waals surface area contributed by atoms with Crippen molar-refractivity contribution >= 4 is 0 Å². The van der Waals surface area contributed by atoms with Gasteiger partial charge in [0.05, 0.1) is 6.61 Å². The van der Waals surface area contributed by atoms with E-state index < -0.39 is 0 Å². The molecule has 2 rings (SSSR count). The van der Waals surface area contributed by atoms with Crippen molar-refractivity contribution in [2.24, 2.45) is 17.4 Å². The Bertz CT molecular complexity index is 374. The summed E-state index contributed by atoms with van der Waals surface area (Å²) in [6, 6.07) is 6.11. The first-order valence-corrected chi connectivity index (χ1v) is 6.45. The normalized spacial score (nSPS) is 16.9. The molecule has 0 aliphatic heterocycles. The first-order valence-electron chi connectivity index (χ1n) is 6.45. The number of nitrogens with two attached hydrogens (primary N) is 2. The van der Waals surface area contributed by atoms with E-state index in [2.05, 4.69) is 13.0 Å². The molecule has 3 nitrogen and oxygen atoms in total.